The Morgan fingerprint density at radius 3 is 2.45 bits per heavy atom. The molecule has 1 saturated carbocycles. The highest BCUT2D eigenvalue weighted by molar-refractivity contribution is 6.30. The molecule has 6 heteroatoms. The standard InChI is InChI=1S/C16H21ClFNO3/c1-14(2,3)19-13(20)22-16(8-15(4,21)9-16)11-6-5-10(17)7-12(11)18/h5-7,21H,8-9H2,1-4H3,(H,19,20). The summed E-state index contributed by atoms with van der Waals surface area (Å²) in [5, 5.41) is 13.0. The van der Waals surface area contributed by atoms with Gasteiger partial charge in [0.05, 0.1) is 5.60 Å². The number of benzene rings is 1. The molecule has 0 aliphatic heterocycles. The highest BCUT2D eigenvalue weighted by atomic mass is 35.5. The van der Waals surface area contributed by atoms with Gasteiger partial charge >= 0.3 is 6.09 Å². The molecule has 1 aliphatic rings. The van der Waals surface area contributed by atoms with Crippen molar-refractivity contribution in [3.63, 3.8) is 0 Å². The highest BCUT2D eigenvalue weighted by Crippen LogP contribution is 2.52. The quantitative estimate of drug-likeness (QED) is 0.869. The van der Waals surface area contributed by atoms with Gasteiger partial charge in [-0.2, -0.15) is 0 Å². The van der Waals surface area contributed by atoms with Crippen LogP contribution in [0, 0.1) is 5.82 Å². The predicted octanol–water partition coefficient (Wildman–Crippen LogP) is 3.74. The zero-order valence-electron chi connectivity index (χ0n) is 13.2. The van der Waals surface area contributed by atoms with Crippen LogP contribution < -0.4 is 5.32 Å². The number of amides is 1. The minimum Gasteiger partial charge on any atom is -0.438 e. The summed E-state index contributed by atoms with van der Waals surface area (Å²) in [5.74, 6) is -0.549. The molecule has 0 saturated heterocycles. The zero-order valence-corrected chi connectivity index (χ0v) is 13.9. The number of carbonyl (C=O) groups is 1. The third-order valence-electron chi connectivity index (χ3n) is 3.52. The number of carbonyl (C=O) groups excluding carboxylic acids is 1. The first kappa shape index (κ1) is 17.0. The van der Waals surface area contributed by atoms with Crippen molar-refractivity contribution in [2.75, 3.05) is 0 Å². The molecular weight excluding hydrogens is 309 g/mol. The van der Waals surface area contributed by atoms with Crippen molar-refractivity contribution < 1.29 is 19.0 Å². The van der Waals surface area contributed by atoms with Crippen LogP contribution in [0.2, 0.25) is 5.02 Å². The summed E-state index contributed by atoms with van der Waals surface area (Å²) < 4.78 is 19.7. The van der Waals surface area contributed by atoms with E-state index < -0.39 is 28.7 Å². The SMILES string of the molecule is CC1(O)CC(OC(=O)NC(C)(C)C)(c2ccc(Cl)cc2F)C1. The lowest BCUT2D eigenvalue weighted by Crippen LogP contribution is -2.57. The molecule has 0 bridgehead atoms. The number of nitrogens with one attached hydrogen (secondary N) is 1. The fraction of sp³-hybridized carbons (Fsp3) is 0.562. The second-order valence-electron chi connectivity index (χ2n) is 7.23. The van der Waals surface area contributed by atoms with Crippen LogP contribution in [0.15, 0.2) is 18.2 Å². The van der Waals surface area contributed by atoms with E-state index in [4.69, 9.17) is 16.3 Å². The Bertz CT molecular complexity index is 588. The monoisotopic (exact) mass is 329 g/mol. The van der Waals surface area contributed by atoms with Crippen molar-refractivity contribution in [3.8, 4) is 0 Å². The molecule has 1 aromatic rings. The molecule has 0 heterocycles. The normalized spacial score (nSPS) is 28.0. The number of rotatable bonds is 2. The van der Waals surface area contributed by atoms with Crippen LogP contribution in [-0.4, -0.2) is 22.3 Å². The van der Waals surface area contributed by atoms with Crippen LogP contribution in [0.5, 0.6) is 0 Å². The van der Waals surface area contributed by atoms with Crippen molar-refractivity contribution in [2.24, 2.45) is 0 Å². The molecule has 0 unspecified atom stereocenters. The van der Waals surface area contributed by atoms with Crippen LogP contribution in [0.4, 0.5) is 9.18 Å². The fourth-order valence-electron chi connectivity index (χ4n) is 2.86. The van der Waals surface area contributed by atoms with Gasteiger partial charge in [0, 0.05) is 29.0 Å². The van der Waals surface area contributed by atoms with Gasteiger partial charge in [-0.3, -0.25) is 0 Å². The molecule has 0 atom stereocenters. The first-order valence-corrected chi connectivity index (χ1v) is 7.49. The Balaban J connectivity index is 2.28. The molecule has 0 radical (unpaired) electrons. The summed E-state index contributed by atoms with van der Waals surface area (Å²) in [6.45, 7) is 7.09. The van der Waals surface area contributed by atoms with Gasteiger partial charge in [-0.15, -0.1) is 0 Å². The van der Waals surface area contributed by atoms with Gasteiger partial charge < -0.3 is 15.2 Å². The maximum absolute atomic E-state index is 14.2. The highest BCUT2D eigenvalue weighted by Gasteiger charge is 2.56. The molecule has 122 valence electrons. The summed E-state index contributed by atoms with van der Waals surface area (Å²) >= 11 is 5.77. The molecule has 1 aromatic carbocycles. The van der Waals surface area contributed by atoms with E-state index in [1.165, 1.54) is 12.1 Å². The van der Waals surface area contributed by atoms with Gasteiger partial charge in [-0.25, -0.2) is 9.18 Å². The third kappa shape index (κ3) is 3.70. The van der Waals surface area contributed by atoms with Gasteiger partial charge in [0.2, 0.25) is 0 Å². The number of hydrogen-bond acceptors (Lipinski definition) is 3. The average molecular weight is 330 g/mol. The Kier molecular flexibility index (Phi) is 4.17. The summed E-state index contributed by atoms with van der Waals surface area (Å²) in [7, 11) is 0. The topological polar surface area (TPSA) is 58.6 Å². The van der Waals surface area contributed by atoms with Crippen molar-refractivity contribution in [2.45, 2.75) is 57.3 Å². The first-order valence-electron chi connectivity index (χ1n) is 7.12. The number of alkyl carbamates (subject to hydrolysis) is 1. The van der Waals surface area contributed by atoms with E-state index >= 15 is 0 Å². The van der Waals surface area contributed by atoms with E-state index in [2.05, 4.69) is 5.32 Å². The van der Waals surface area contributed by atoms with E-state index in [-0.39, 0.29) is 23.4 Å². The zero-order chi connectivity index (χ0) is 16.8. The van der Waals surface area contributed by atoms with Crippen molar-refractivity contribution in [1.29, 1.82) is 0 Å². The fourth-order valence-corrected chi connectivity index (χ4v) is 3.02. The minimum absolute atomic E-state index is 0.135. The number of ether oxygens (including phenoxy) is 1. The summed E-state index contributed by atoms with van der Waals surface area (Å²) in [6, 6.07) is 4.22. The molecule has 2 N–H and O–H groups in total. The van der Waals surface area contributed by atoms with Gasteiger partial charge in [0.1, 0.15) is 11.4 Å². The van der Waals surface area contributed by atoms with Crippen LogP contribution in [-0.2, 0) is 10.3 Å². The smallest absolute Gasteiger partial charge is 0.408 e. The number of aliphatic hydroxyl groups is 1. The lowest BCUT2D eigenvalue weighted by molar-refractivity contribution is -0.178. The molecule has 0 spiro atoms. The number of halogens is 2. The summed E-state index contributed by atoms with van der Waals surface area (Å²) in [5.41, 5.74) is -2.41. The van der Waals surface area contributed by atoms with E-state index in [9.17, 15) is 14.3 Å². The van der Waals surface area contributed by atoms with Gasteiger partial charge in [-0.1, -0.05) is 17.7 Å². The molecule has 1 fully saturated rings. The van der Waals surface area contributed by atoms with E-state index in [0.717, 1.165) is 0 Å². The summed E-state index contributed by atoms with van der Waals surface area (Å²) in [6.07, 6.45) is -0.371. The largest absolute Gasteiger partial charge is 0.438 e. The predicted molar refractivity (Wildman–Crippen MR) is 82.3 cm³/mol. The first-order chi connectivity index (χ1) is 9.92. The molecule has 4 nitrogen and oxygen atoms in total. The van der Waals surface area contributed by atoms with Gasteiger partial charge in [0.15, 0.2) is 0 Å². The van der Waals surface area contributed by atoms with E-state index in [1.54, 1.807) is 13.0 Å². The Morgan fingerprint density at radius 2 is 2.00 bits per heavy atom. The van der Waals surface area contributed by atoms with Crippen molar-refractivity contribution in [1.82, 2.24) is 5.32 Å². The second kappa shape index (κ2) is 5.39. The minimum atomic E-state index is -1.17. The van der Waals surface area contributed by atoms with Crippen molar-refractivity contribution in [3.05, 3.63) is 34.6 Å². The van der Waals surface area contributed by atoms with Crippen LogP contribution >= 0.6 is 11.6 Å². The summed E-state index contributed by atoms with van der Waals surface area (Å²) in [4.78, 5) is 12.1. The molecule has 1 aliphatic carbocycles. The van der Waals surface area contributed by atoms with Gasteiger partial charge in [-0.05, 0) is 39.8 Å². The van der Waals surface area contributed by atoms with Crippen LogP contribution in [0.25, 0.3) is 0 Å². The lowest BCUT2D eigenvalue weighted by atomic mass is 9.65. The molecule has 0 aromatic heterocycles. The molecule has 22 heavy (non-hydrogen) atoms. The second-order valence-corrected chi connectivity index (χ2v) is 7.67. The van der Waals surface area contributed by atoms with E-state index in [1.807, 2.05) is 20.8 Å². The molecular formula is C16H21ClFNO3. The van der Waals surface area contributed by atoms with Crippen LogP contribution in [0.3, 0.4) is 0 Å². The maximum Gasteiger partial charge on any atom is 0.408 e. The third-order valence-corrected chi connectivity index (χ3v) is 3.75. The van der Waals surface area contributed by atoms with Crippen molar-refractivity contribution >= 4 is 17.7 Å². The molecule has 1 amide bonds. The Morgan fingerprint density at radius 1 is 1.41 bits per heavy atom. The Labute approximate surface area is 134 Å². The van der Waals surface area contributed by atoms with Gasteiger partial charge in [0.25, 0.3) is 0 Å². The lowest BCUT2D eigenvalue weighted by Gasteiger charge is -2.51. The number of hydrogen-bond donors (Lipinski definition) is 2. The van der Waals surface area contributed by atoms with E-state index in [0.29, 0.717) is 0 Å². The maximum atomic E-state index is 14.2. The average Bonchev–Trinajstić information content (AvgIpc) is 2.22. The Hall–Kier alpha value is -1.33. The van der Waals surface area contributed by atoms with Crippen LogP contribution in [0.1, 0.15) is 46.1 Å². The molecule has 2 rings (SSSR count).